The first kappa shape index (κ1) is 14.8. The minimum Gasteiger partial charge on any atom is -0.370 e. The molecule has 5 nitrogen and oxygen atoms in total. The van der Waals surface area contributed by atoms with E-state index in [0.717, 1.165) is 31.5 Å². The lowest BCUT2D eigenvalue weighted by Gasteiger charge is -2.19. The molecule has 1 aromatic heterocycles. The summed E-state index contributed by atoms with van der Waals surface area (Å²) < 4.78 is 0. The number of rotatable bonds is 8. The summed E-state index contributed by atoms with van der Waals surface area (Å²) in [5, 5.41) is 6.09. The molecule has 0 aromatic carbocycles. The van der Waals surface area contributed by atoms with E-state index in [0.29, 0.717) is 12.1 Å². The first-order valence-electron chi connectivity index (χ1n) is 7.46. The van der Waals surface area contributed by atoms with Crippen LogP contribution >= 0.6 is 0 Å². The molecule has 20 heavy (non-hydrogen) atoms. The number of aromatic nitrogens is 1. The summed E-state index contributed by atoms with van der Waals surface area (Å²) in [5.41, 5.74) is 0.658. The molecule has 0 spiro atoms. The number of nitrogens with zero attached hydrogens (tertiary/aromatic N) is 2. The highest BCUT2D eigenvalue weighted by Crippen LogP contribution is 2.25. The third-order valence-electron chi connectivity index (χ3n) is 3.53. The van der Waals surface area contributed by atoms with Crippen LogP contribution in [0.3, 0.4) is 0 Å². The van der Waals surface area contributed by atoms with E-state index in [1.54, 1.807) is 18.3 Å². The van der Waals surface area contributed by atoms with E-state index in [-0.39, 0.29) is 5.91 Å². The van der Waals surface area contributed by atoms with E-state index in [1.807, 2.05) is 6.92 Å². The zero-order chi connectivity index (χ0) is 14.4. The smallest absolute Gasteiger partial charge is 0.251 e. The van der Waals surface area contributed by atoms with Gasteiger partial charge in [0, 0.05) is 37.4 Å². The minimum atomic E-state index is -0.0293. The van der Waals surface area contributed by atoms with Crippen molar-refractivity contribution in [3.05, 3.63) is 23.9 Å². The fourth-order valence-electron chi connectivity index (χ4n) is 2.30. The maximum absolute atomic E-state index is 12.1. The fraction of sp³-hybridized carbons (Fsp3) is 0.600. The van der Waals surface area contributed by atoms with Crippen molar-refractivity contribution >= 4 is 11.7 Å². The van der Waals surface area contributed by atoms with Crippen molar-refractivity contribution in [2.75, 3.05) is 31.5 Å². The average Bonchev–Trinajstić information content (AvgIpc) is 3.29. The van der Waals surface area contributed by atoms with Crippen LogP contribution in [0.15, 0.2) is 18.3 Å². The molecule has 0 saturated heterocycles. The largest absolute Gasteiger partial charge is 0.370 e. The number of nitrogens with one attached hydrogen (secondary N) is 2. The van der Waals surface area contributed by atoms with Gasteiger partial charge in [-0.2, -0.15) is 0 Å². The van der Waals surface area contributed by atoms with E-state index < -0.39 is 0 Å². The summed E-state index contributed by atoms with van der Waals surface area (Å²) in [4.78, 5) is 18.7. The second kappa shape index (κ2) is 7.24. The lowest BCUT2D eigenvalue weighted by Crippen LogP contribution is -2.36. The van der Waals surface area contributed by atoms with Gasteiger partial charge < -0.3 is 10.6 Å². The Morgan fingerprint density at radius 2 is 2.25 bits per heavy atom. The summed E-state index contributed by atoms with van der Waals surface area (Å²) >= 11 is 0. The Balaban J connectivity index is 1.80. The maximum atomic E-state index is 12.1. The molecule has 1 aromatic rings. The average molecular weight is 276 g/mol. The van der Waals surface area contributed by atoms with E-state index >= 15 is 0 Å². The van der Waals surface area contributed by atoms with Gasteiger partial charge in [0.2, 0.25) is 0 Å². The first-order chi connectivity index (χ1) is 9.74. The van der Waals surface area contributed by atoms with Gasteiger partial charge >= 0.3 is 0 Å². The van der Waals surface area contributed by atoms with Gasteiger partial charge in [0.1, 0.15) is 5.82 Å². The summed E-state index contributed by atoms with van der Waals surface area (Å²) in [6.45, 7) is 7.66. The molecule has 0 atom stereocenters. The molecule has 110 valence electrons. The van der Waals surface area contributed by atoms with Gasteiger partial charge in [-0.25, -0.2) is 4.98 Å². The number of carbonyl (C=O) groups excluding carboxylic acids is 1. The third kappa shape index (κ3) is 4.20. The van der Waals surface area contributed by atoms with Gasteiger partial charge in [-0.05, 0) is 38.4 Å². The highest BCUT2D eigenvalue weighted by Gasteiger charge is 2.27. The van der Waals surface area contributed by atoms with Crippen molar-refractivity contribution in [2.45, 2.75) is 32.7 Å². The molecule has 0 aliphatic heterocycles. The Morgan fingerprint density at radius 3 is 2.90 bits per heavy atom. The number of anilines is 1. The number of amides is 1. The van der Waals surface area contributed by atoms with E-state index in [4.69, 9.17) is 0 Å². The van der Waals surface area contributed by atoms with Crippen molar-refractivity contribution in [3.8, 4) is 0 Å². The van der Waals surface area contributed by atoms with Gasteiger partial charge in [-0.15, -0.1) is 0 Å². The molecule has 1 heterocycles. The van der Waals surface area contributed by atoms with Crippen LogP contribution < -0.4 is 10.6 Å². The van der Waals surface area contributed by atoms with Crippen LogP contribution in [-0.2, 0) is 0 Å². The molecule has 1 amide bonds. The topological polar surface area (TPSA) is 57.3 Å². The number of hydrogen-bond acceptors (Lipinski definition) is 4. The predicted molar refractivity (Wildman–Crippen MR) is 81.0 cm³/mol. The van der Waals surface area contributed by atoms with Crippen molar-refractivity contribution in [3.63, 3.8) is 0 Å². The molecular formula is C15H24N4O. The minimum absolute atomic E-state index is 0.0293. The highest BCUT2D eigenvalue weighted by molar-refractivity contribution is 5.94. The molecule has 5 heteroatoms. The molecule has 0 radical (unpaired) electrons. The van der Waals surface area contributed by atoms with Crippen LogP contribution in [0.25, 0.3) is 0 Å². The monoisotopic (exact) mass is 276 g/mol. The lowest BCUT2D eigenvalue weighted by molar-refractivity contribution is 0.0948. The Kier molecular flexibility index (Phi) is 5.35. The first-order valence-corrected chi connectivity index (χ1v) is 7.46. The van der Waals surface area contributed by atoms with Crippen molar-refractivity contribution in [2.24, 2.45) is 0 Å². The van der Waals surface area contributed by atoms with Crippen molar-refractivity contribution in [1.82, 2.24) is 15.2 Å². The van der Waals surface area contributed by atoms with Gasteiger partial charge in [0.05, 0.1) is 0 Å². The molecular weight excluding hydrogens is 252 g/mol. The van der Waals surface area contributed by atoms with Crippen LogP contribution in [-0.4, -0.2) is 48.0 Å². The molecule has 2 N–H and O–H groups in total. The van der Waals surface area contributed by atoms with Crippen LogP contribution in [0.5, 0.6) is 0 Å². The van der Waals surface area contributed by atoms with Gasteiger partial charge in [-0.1, -0.05) is 6.92 Å². The van der Waals surface area contributed by atoms with Crippen LogP contribution in [0.1, 0.15) is 37.0 Å². The summed E-state index contributed by atoms with van der Waals surface area (Å²) in [6, 6.07) is 4.28. The molecule has 0 bridgehead atoms. The van der Waals surface area contributed by atoms with Crippen molar-refractivity contribution < 1.29 is 4.79 Å². The second-order valence-corrected chi connectivity index (χ2v) is 5.08. The van der Waals surface area contributed by atoms with Crippen LogP contribution in [0.4, 0.5) is 5.82 Å². The number of likely N-dealkylation sites (N-methyl/N-ethyl adjacent to an activating group) is 1. The summed E-state index contributed by atoms with van der Waals surface area (Å²) in [7, 11) is 0. The Morgan fingerprint density at radius 1 is 1.45 bits per heavy atom. The second-order valence-electron chi connectivity index (χ2n) is 5.08. The predicted octanol–water partition coefficient (Wildman–Crippen LogP) is 1.73. The normalized spacial score (nSPS) is 14.3. The van der Waals surface area contributed by atoms with E-state index in [2.05, 4.69) is 27.4 Å². The molecule has 0 unspecified atom stereocenters. The number of pyridine rings is 1. The highest BCUT2D eigenvalue weighted by atomic mass is 16.1. The Labute approximate surface area is 120 Å². The zero-order valence-corrected chi connectivity index (χ0v) is 12.4. The Hall–Kier alpha value is -1.62. The van der Waals surface area contributed by atoms with Crippen molar-refractivity contribution in [1.29, 1.82) is 0 Å². The number of hydrogen-bond donors (Lipinski definition) is 2. The molecule has 2 rings (SSSR count). The SMILES string of the molecule is CCNc1cc(C(=O)NCCN(CC)C2CC2)ccn1. The van der Waals surface area contributed by atoms with Crippen LogP contribution in [0, 0.1) is 0 Å². The fourth-order valence-corrected chi connectivity index (χ4v) is 2.30. The standard InChI is InChI=1S/C15H24N4O/c1-3-16-14-11-12(7-8-17-14)15(20)18-9-10-19(4-2)13-5-6-13/h7-8,11,13H,3-6,9-10H2,1-2H3,(H,16,17)(H,18,20). The molecule has 1 aliphatic rings. The Bertz CT molecular complexity index is 445. The summed E-state index contributed by atoms with van der Waals surface area (Å²) in [5.74, 6) is 0.715. The quantitative estimate of drug-likeness (QED) is 0.759. The van der Waals surface area contributed by atoms with Crippen LogP contribution in [0.2, 0.25) is 0 Å². The number of carbonyl (C=O) groups is 1. The van der Waals surface area contributed by atoms with Gasteiger partial charge in [0.15, 0.2) is 0 Å². The van der Waals surface area contributed by atoms with E-state index in [1.165, 1.54) is 12.8 Å². The third-order valence-corrected chi connectivity index (χ3v) is 3.53. The maximum Gasteiger partial charge on any atom is 0.251 e. The molecule has 1 fully saturated rings. The summed E-state index contributed by atoms with van der Waals surface area (Å²) in [6.07, 6.45) is 4.27. The lowest BCUT2D eigenvalue weighted by atomic mass is 10.2. The van der Waals surface area contributed by atoms with Gasteiger partial charge in [-0.3, -0.25) is 9.69 Å². The molecule has 1 saturated carbocycles. The zero-order valence-electron chi connectivity index (χ0n) is 12.4. The van der Waals surface area contributed by atoms with E-state index in [9.17, 15) is 4.79 Å². The van der Waals surface area contributed by atoms with Gasteiger partial charge in [0.25, 0.3) is 5.91 Å². The molecule has 1 aliphatic carbocycles.